The first-order valence-corrected chi connectivity index (χ1v) is 8.82. The Balaban J connectivity index is 1.90. The lowest BCUT2D eigenvalue weighted by Crippen LogP contribution is -2.52. The molecule has 4 heteroatoms. The molecular weight excluding hydrogens is 256 g/mol. The summed E-state index contributed by atoms with van der Waals surface area (Å²) in [5, 5.41) is 3.21. The molecule has 0 heterocycles. The topological polar surface area (TPSA) is 55.1 Å². The molecule has 0 unspecified atom stereocenters. The lowest BCUT2D eigenvalue weighted by Gasteiger charge is -2.42. The zero-order valence-corrected chi connectivity index (χ0v) is 13.2. The van der Waals surface area contributed by atoms with Crippen molar-refractivity contribution in [2.75, 3.05) is 19.3 Å². The average Bonchev–Trinajstić information content (AvgIpc) is 2.39. The van der Waals surface area contributed by atoms with E-state index in [2.05, 4.69) is 18.5 Å². The van der Waals surface area contributed by atoms with E-state index in [4.69, 9.17) is 5.73 Å². The zero-order chi connectivity index (χ0) is 13.9. The van der Waals surface area contributed by atoms with Gasteiger partial charge in [0, 0.05) is 17.8 Å². The smallest absolute Gasteiger partial charge is 0.227 e. The molecule has 2 aliphatic carbocycles. The third-order valence-electron chi connectivity index (χ3n) is 5.37. The number of amides is 1. The van der Waals surface area contributed by atoms with Gasteiger partial charge in [0.1, 0.15) is 0 Å². The molecule has 0 aromatic rings. The van der Waals surface area contributed by atoms with E-state index in [0.717, 1.165) is 38.1 Å². The van der Waals surface area contributed by atoms with Crippen LogP contribution in [0.1, 0.15) is 51.9 Å². The van der Waals surface area contributed by atoms with Crippen molar-refractivity contribution in [1.29, 1.82) is 0 Å². The van der Waals surface area contributed by atoms with E-state index in [1.807, 2.05) is 11.8 Å². The largest absolute Gasteiger partial charge is 0.354 e. The lowest BCUT2D eigenvalue weighted by atomic mass is 9.70. The quantitative estimate of drug-likeness (QED) is 0.816. The molecule has 2 saturated carbocycles. The monoisotopic (exact) mass is 284 g/mol. The number of hydrogen-bond acceptors (Lipinski definition) is 3. The summed E-state index contributed by atoms with van der Waals surface area (Å²) in [7, 11) is 0. The highest BCUT2D eigenvalue weighted by Gasteiger charge is 2.42. The van der Waals surface area contributed by atoms with Gasteiger partial charge in [-0.05, 0) is 50.7 Å². The van der Waals surface area contributed by atoms with E-state index in [9.17, 15) is 4.79 Å². The highest BCUT2D eigenvalue weighted by molar-refractivity contribution is 8.00. The molecule has 0 bridgehead atoms. The van der Waals surface area contributed by atoms with Crippen LogP contribution in [0, 0.1) is 11.3 Å². The molecule has 0 aromatic carbocycles. The summed E-state index contributed by atoms with van der Waals surface area (Å²) in [5.41, 5.74) is 5.65. The minimum atomic E-state index is -0.282. The molecule has 0 radical (unpaired) electrons. The van der Waals surface area contributed by atoms with Crippen LogP contribution in [0.5, 0.6) is 0 Å². The van der Waals surface area contributed by atoms with Crippen molar-refractivity contribution < 1.29 is 4.79 Å². The van der Waals surface area contributed by atoms with Crippen LogP contribution in [-0.2, 0) is 4.79 Å². The van der Waals surface area contributed by atoms with Crippen LogP contribution in [0.25, 0.3) is 0 Å². The van der Waals surface area contributed by atoms with Crippen molar-refractivity contribution in [3.8, 4) is 0 Å². The summed E-state index contributed by atoms with van der Waals surface area (Å²) >= 11 is 1.91. The third-order valence-corrected chi connectivity index (χ3v) is 6.79. The summed E-state index contributed by atoms with van der Waals surface area (Å²) in [6, 6.07) is 0. The molecule has 0 aliphatic heterocycles. The predicted molar refractivity (Wildman–Crippen MR) is 82.2 cm³/mol. The third kappa shape index (κ3) is 3.10. The molecule has 3 N–H and O–H groups in total. The Morgan fingerprint density at radius 3 is 2.37 bits per heavy atom. The van der Waals surface area contributed by atoms with E-state index in [1.54, 1.807) is 0 Å². The second-order valence-electron chi connectivity index (χ2n) is 6.59. The van der Waals surface area contributed by atoms with Crippen molar-refractivity contribution in [2.24, 2.45) is 17.1 Å². The Labute approximate surface area is 121 Å². The number of thioether (sulfide) groups is 1. The van der Waals surface area contributed by atoms with Crippen LogP contribution in [0.15, 0.2) is 0 Å². The summed E-state index contributed by atoms with van der Waals surface area (Å²) in [6.07, 6.45) is 10.1. The maximum atomic E-state index is 12.6. The number of hydrogen-bond donors (Lipinski definition) is 2. The Bertz CT molecular complexity index is 315. The van der Waals surface area contributed by atoms with Gasteiger partial charge in [0.25, 0.3) is 0 Å². The van der Waals surface area contributed by atoms with Gasteiger partial charge in [0.05, 0.1) is 5.41 Å². The maximum absolute atomic E-state index is 12.6. The predicted octanol–water partition coefficient (Wildman–Crippen LogP) is 2.54. The molecule has 19 heavy (non-hydrogen) atoms. The summed E-state index contributed by atoms with van der Waals surface area (Å²) in [6.45, 7) is 3.59. The average molecular weight is 284 g/mol. The molecule has 0 spiro atoms. The molecule has 0 aromatic heterocycles. The Morgan fingerprint density at radius 1 is 1.32 bits per heavy atom. The van der Waals surface area contributed by atoms with Crippen LogP contribution in [0.4, 0.5) is 0 Å². The number of rotatable bonds is 5. The van der Waals surface area contributed by atoms with Crippen LogP contribution < -0.4 is 11.1 Å². The summed E-state index contributed by atoms with van der Waals surface area (Å²) < 4.78 is 0.313. The molecule has 0 saturated heterocycles. The molecule has 2 aliphatic rings. The highest BCUT2D eigenvalue weighted by atomic mass is 32.2. The Kier molecular flexibility index (Phi) is 4.83. The first-order chi connectivity index (χ1) is 9.06. The zero-order valence-electron chi connectivity index (χ0n) is 12.3. The van der Waals surface area contributed by atoms with Gasteiger partial charge in [-0.2, -0.15) is 11.8 Å². The van der Waals surface area contributed by atoms with E-state index >= 15 is 0 Å². The first-order valence-electron chi connectivity index (χ1n) is 7.59. The van der Waals surface area contributed by atoms with Gasteiger partial charge in [0.15, 0.2) is 0 Å². The van der Waals surface area contributed by atoms with Crippen LogP contribution in [-0.4, -0.2) is 30.0 Å². The fraction of sp³-hybridized carbons (Fsp3) is 0.933. The minimum absolute atomic E-state index is 0.210. The molecule has 110 valence electrons. The van der Waals surface area contributed by atoms with E-state index in [-0.39, 0.29) is 11.3 Å². The van der Waals surface area contributed by atoms with E-state index in [0.29, 0.717) is 11.3 Å². The van der Waals surface area contributed by atoms with Gasteiger partial charge in [-0.25, -0.2) is 0 Å². The van der Waals surface area contributed by atoms with Crippen molar-refractivity contribution in [1.82, 2.24) is 5.32 Å². The van der Waals surface area contributed by atoms with Crippen molar-refractivity contribution in [3.05, 3.63) is 0 Å². The summed E-state index contributed by atoms with van der Waals surface area (Å²) in [5.74, 6) is 0.957. The number of nitrogens with two attached hydrogens (primary N) is 1. The standard InChI is InChI=1S/C15H28N2OS/c1-12-4-8-14(10-16,9-5-12)13(18)17-11-15(19-2)6-3-7-15/h12H,3-11,16H2,1-2H3,(H,17,18). The number of carbonyl (C=O) groups excluding carboxylic acids is 1. The van der Waals surface area contributed by atoms with Crippen LogP contribution in [0.3, 0.4) is 0 Å². The Hall–Kier alpha value is -0.220. The van der Waals surface area contributed by atoms with Gasteiger partial charge in [0.2, 0.25) is 5.91 Å². The normalized spacial score (nSPS) is 33.5. The highest BCUT2D eigenvalue weighted by Crippen LogP contribution is 2.43. The Morgan fingerprint density at radius 2 is 1.95 bits per heavy atom. The number of carbonyl (C=O) groups is 1. The molecule has 2 rings (SSSR count). The van der Waals surface area contributed by atoms with E-state index < -0.39 is 0 Å². The van der Waals surface area contributed by atoms with Gasteiger partial charge in [-0.3, -0.25) is 4.79 Å². The molecule has 3 nitrogen and oxygen atoms in total. The fourth-order valence-electron chi connectivity index (χ4n) is 3.29. The molecule has 2 fully saturated rings. The fourth-order valence-corrected chi connectivity index (χ4v) is 4.21. The maximum Gasteiger partial charge on any atom is 0.227 e. The van der Waals surface area contributed by atoms with Crippen LogP contribution in [0.2, 0.25) is 0 Å². The SMILES string of the molecule is CSC1(CNC(=O)C2(CN)CCC(C)CC2)CCC1. The molecule has 0 atom stereocenters. The van der Waals surface area contributed by atoms with Crippen molar-refractivity contribution in [3.63, 3.8) is 0 Å². The van der Waals surface area contributed by atoms with Crippen LogP contribution >= 0.6 is 11.8 Å². The molecular formula is C15H28N2OS. The second-order valence-corrected chi connectivity index (χ2v) is 7.86. The second kappa shape index (κ2) is 6.04. The van der Waals surface area contributed by atoms with Gasteiger partial charge < -0.3 is 11.1 Å². The van der Waals surface area contributed by atoms with E-state index in [1.165, 1.54) is 19.3 Å². The number of nitrogens with one attached hydrogen (secondary N) is 1. The minimum Gasteiger partial charge on any atom is -0.354 e. The van der Waals surface area contributed by atoms with Gasteiger partial charge in [-0.15, -0.1) is 0 Å². The molecule has 1 amide bonds. The summed E-state index contributed by atoms with van der Waals surface area (Å²) in [4.78, 5) is 12.6. The van der Waals surface area contributed by atoms with Gasteiger partial charge in [-0.1, -0.05) is 13.3 Å². The first kappa shape index (κ1) is 15.2. The van der Waals surface area contributed by atoms with Gasteiger partial charge >= 0.3 is 0 Å². The van der Waals surface area contributed by atoms with Crippen molar-refractivity contribution in [2.45, 2.75) is 56.6 Å². The van der Waals surface area contributed by atoms with Crippen molar-refractivity contribution >= 4 is 17.7 Å². The lowest BCUT2D eigenvalue weighted by molar-refractivity contribution is -0.133.